The van der Waals surface area contributed by atoms with Crippen LogP contribution in [-0.4, -0.2) is 20.3 Å². The van der Waals surface area contributed by atoms with Crippen LogP contribution in [0, 0.1) is 0 Å². The van der Waals surface area contributed by atoms with Gasteiger partial charge in [-0.15, -0.1) is 0 Å². The third-order valence-electron chi connectivity index (χ3n) is 3.33. The quantitative estimate of drug-likeness (QED) is 0.587. The molecule has 1 aromatic carbocycles. The van der Waals surface area contributed by atoms with Gasteiger partial charge in [0.05, 0.1) is 11.2 Å². The van der Waals surface area contributed by atoms with Crippen molar-refractivity contribution >= 4 is 16.9 Å². The number of nitrogens with two attached hydrogens (primary N) is 1. The first kappa shape index (κ1) is 11.7. The number of nitrogens with one attached hydrogen (secondary N) is 1. The molecule has 6 heteroatoms. The zero-order valence-corrected chi connectivity index (χ0v) is 10.9. The number of pyridine rings is 1. The predicted octanol–water partition coefficient (Wildman–Crippen LogP) is 2.86. The van der Waals surface area contributed by atoms with Gasteiger partial charge in [-0.3, -0.25) is 5.10 Å². The van der Waals surface area contributed by atoms with Crippen LogP contribution in [0.4, 0.5) is 5.82 Å². The molecule has 0 amide bonds. The molecule has 102 valence electrons. The van der Waals surface area contributed by atoms with Crippen molar-refractivity contribution in [1.82, 2.24) is 20.3 Å². The van der Waals surface area contributed by atoms with E-state index in [4.69, 9.17) is 10.3 Å². The highest BCUT2D eigenvalue weighted by molar-refractivity contribution is 5.86. The van der Waals surface area contributed by atoms with Gasteiger partial charge in [-0.2, -0.15) is 5.10 Å². The molecule has 21 heavy (non-hydrogen) atoms. The van der Waals surface area contributed by atoms with E-state index in [0.717, 1.165) is 28.0 Å². The van der Waals surface area contributed by atoms with Gasteiger partial charge < -0.3 is 10.3 Å². The van der Waals surface area contributed by atoms with E-state index < -0.39 is 0 Å². The topological polar surface area (TPSA) is 93.6 Å². The lowest BCUT2D eigenvalue weighted by atomic mass is 10.1. The van der Waals surface area contributed by atoms with Crippen LogP contribution in [0.25, 0.3) is 33.5 Å². The van der Waals surface area contributed by atoms with E-state index in [0.29, 0.717) is 11.3 Å². The van der Waals surface area contributed by atoms with Gasteiger partial charge in [0.25, 0.3) is 0 Å². The van der Waals surface area contributed by atoms with E-state index >= 15 is 0 Å². The van der Waals surface area contributed by atoms with Gasteiger partial charge in [0.2, 0.25) is 0 Å². The number of nitrogens with zero attached hydrogens (tertiary/aromatic N) is 3. The Morgan fingerprint density at radius 1 is 1.00 bits per heavy atom. The van der Waals surface area contributed by atoms with Crippen LogP contribution in [0.3, 0.4) is 0 Å². The summed E-state index contributed by atoms with van der Waals surface area (Å²) >= 11 is 0. The molecule has 4 aromatic rings. The lowest BCUT2D eigenvalue weighted by molar-refractivity contribution is 0.422. The highest BCUT2D eigenvalue weighted by Crippen LogP contribution is 2.26. The standard InChI is InChI=1S/C15H11N5O/c16-15-14-13(18-19-15)5-4-11(17-14)9-2-1-3-10(8-9)12-6-7-21-20-12/h1-8H,(H3,16,18,19). The second-order valence-electron chi connectivity index (χ2n) is 4.67. The Morgan fingerprint density at radius 2 is 1.86 bits per heavy atom. The Kier molecular flexibility index (Phi) is 2.47. The maximum atomic E-state index is 5.80. The zero-order valence-electron chi connectivity index (χ0n) is 10.9. The molecule has 0 bridgehead atoms. The van der Waals surface area contributed by atoms with E-state index in [1.54, 1.807) is 6.26 Å². The summed E-state index contributed by atoms with van der Waals surface area (Å²) in [7, 11) is 0. The molecular weight excluding hydrogens is 266 g/mol. The number of rotatable bonds is 2. The molecule has 0 unspecified atom stereocenters. The van der Waals surface area contributed by atoms with Crippen LogP contribution in [0.1, 0.15) is 0 Å². The summed E-state index contributed by atoms with van der Waals surface area (Å²) in [5.41, 5.74) is 10.9. The smallest absolute Gasteiger partial charge is 0.171 e. The monoisotopic (exact) mass is 277 g/mol. The Bertz CT molecular complexity index is 911. The van der Waals surface area contributed by atoms with Gasteiger partial charge in [-0.1, -0.05) is 23.4 Å². The number of benzene rings is 1. The molecule has 3 heterocycles. The molecule has 0 saturated carbocycles. The van der Waals surface area contributed by atoms with E-state index in [-0.39, 0.29) is 0 Å². The molecular formula is C15H11N5O. The number of hydrogen-bond acceptors (Lipinski definition) is 5. The maximum absolute atomic E-state index is 5.80. The fraction of sp³-hybridized carbons (Fsp3) is 0. The Morgan fingerprint density at radius 3 is 2.67 bits per heavy atom. The van der Waals surface area contributed by atoms with Gasteiger partial charge in [-0.25, -0.2) is 4.98 Å². The Hall–Kier alpha value is -3.15. The summed E-state index contributed by atoms with van der Waals surface area (Å²) in [6.45, 7) is 0. The number of nitrogen functional groups attached to an aromatic ring is 1. The molecule has 0 radical (unpaired) electrons. The molecule has 0 spiro atoms. The highest BCUT2D eigenvalue weighted by Gasteiger charge is 2.08. The van der Waals surface area contributed by atoms with Gasteiger partial charge >= 0.3 is 0 Å². The zero-order chi connectivity index (χ0) is 14.2. The molecule has 4 rings (SSSR count). The fourth-order valence-corrected chi connectivity index (χ4v) is 2.28. The van der Waals surface area contributed by atoms with Crippen LogP contribution >= 0.6 is 0 Å². The van der Waals surface area contributed by atoms with Crippen LogP contribution < -0.4 is 5.73 Å². The maximum Gasteiger partial charge on any atom is 0.171 e. The molecule has 0 aliphatic rings. The molecule has 3 aromatic heterocycles. The van der Waals surface area contributed by atoms with Gasteiger partial charge in [0, 0.05) is 17.2 Å². The lowest BCUT2D eigenvalue weighted by Crippen LogP contribution is -1.89. The number of H-pyrrole nitrogens is 1. The molecule has 0 aliphatic carbocycles. The number of anilines is 1. The van der Waals surface area contributed by atoms with E-state index in [2.05, 4.69) is 20.3 Å². The minimum absolute atomic E-state index is 0.402. The normalized spacial score (nSPS) is 11.0. The molecule has 6 nitrogen and oxygen atoms in total. The molecule has 3 N–H and O–H groups in total. The van der Waals surface area contributed by atoms with Crippen molar-refractivity contribution in [3.63, 3.8) is 0 Å². The van der Waals surface area contributed by atoms with E-state index in [1.165, 1.54) is 0 Å². The summed E-state index contributed by atoms with van der Waals surface area (Å²) in [5, 5.41) is 10.7. The number of aromatic nitrogens is 4. The van der Waals surface area contributed by atoms with Crippen LogP contribution in [0.15, 0.2) is 53.3 Å². The summed E-state index contributed by atoms with van der Waals surface area (Å²) in [5.74, 6) is 0.402. The third kappa shape index (κ3) is 1.93. The highest BCUT2D eigenvalue weighted by atomic mass is 16.5. The van der Waals surface area contributed by atoms with Gasteiger partial charge in [0.15, 0.2) is 5.82 Å². The minimum atomic E-state index is 0.402. The first-order valence-electron chi connectivity index (χ1n) is 6.43. The predicted molar refractivity (Wildman–Crippen MR) is 79.2 cm³/mol. The summed E-state index contributed by atoms with van der Waals surface area (Å²) < 4.78 is 4.88. The van der Waals surface area contributed by atoms with Crippen LogP contribution in [-0.2, 0) is 0 Å². The third-order valence-corrected chi connectivity index (χ3v) is 3.33. The Labute approximate surface area is 119 Å². The van der Waals surface area contributed by atoms with E-state index in [9.17, 15) is 0 Å². The molecule has 0 fully saturated rings. The average Bonchev–Trinajstić information content (AvgIpc) is 3.18. The molecule has 0 aliphatic heterocycles. The van der Waals surface area contributed by atoms with Crippen molar-refractivity contribution in [2.45, 2.75) is 0 Å². The average molecular weight is 277 g/mol. The Balaban J connectivity index is 1.84. The summed E-state index contributed by atoms with van der Waals surface area (Å²) in [6.07, 6.45) is 1.55. The van der Waals surface area contributed by atoms with Crippen molar-refractivity contribution in [1.29, 1.82) is 0 Å². The molecule has 0 saturated heterocycles. The fourth-order valence-electron chi connectivity index (χ4n) is 2.28. The van der Waals surface area contributed by atoms with Crippen molar-refractivity contribution in [3.8, 4) is 22.5 Å². The van der Waals surface area contributed by atoms with Crippen molar-refractivity contribution < 1.29 is 4.52 Å². The van der Waals surface area contributed by atoms with E-state index in [1.807, 2.05) is 42.5 Å². The minimum Gasteiger partial charge on any atom is -0.380 e. The molecule has 0 atom stereocenters. The lowest BCUT2D eigenvalue weighted by Gasteiger charge is -2.03. The van der Waals surface area contributed by atoms with Crippen molar-refractivity contribution in [2.24, 2.45) is 0 Å². The number of aromatic amines is 1. The summed E-state index contributed by atoms with van der Waals surface area (Å²) in [6, 6.07) is 13.6. The van der Waals surface area contributed by atoms with Gasteiger partial charge in [-0.05, 0) is 18.2 Å². The second-order valence-corrected chi connectivity index (χ2v) is 4.67. The number of hydrogen-bond donors (Lipinski definition) is 2. The SMILES string of the molecule is Nc1n[nH]c2ccc(-c3cccc(-c4ccon4)c3)nc12. The first-order chi connectivity index (χ1) is 10.3. The largest absolute Gasteiger partial charge is 0.380 e. The van der Waals surface area contributed by atoms with Gasteiger partial charge in [0.1, 0.15) is 17.5 Å². The van der Waals surface area contributed by atoms with Crippen LogP contribution in [0.5, 0.6) is 0 Å². The van der Waals surface area contributed by atoms with Crippen molar-refractivity contribution in [3.05, 3.63) is 48.7 Å². The summed E-state index contributed by atoms with van der Waals surface area (Å²) in [4.78, 5) is 4.56. The second kappa shape index (κ2) is 4.45. The van der Waals surface area contributed by atoms with Crippen LogP contribution in [0.2, 0.25) is 0 Å². The van der Waals surface area contributed by atoms with Crippen molar-refractivity contribution in [2.75, 3.05) is 5.73 Å². The first-order valence-corrected chi connectivity index (χ1v) is 6.43. The number of fused-ring (bicyclic) bond motifs is 1.